The summed E-state index contributed by atoms with van der Waals surface area (Å²) in [5.74, 6) is 0.765. The van der Waals surface area contributed by atoms with Gasteiger partial charge in [0.25, 0.3) is 0 Å². The molecule has 5 nitrogen and oxygen atoms in total. The van der Waals surface area contributed by atoms with Crippen molar-refractivity contribution in [2.45, 2.75) is 18.8 Å². The lowest BCUT2D eigenvalue weighted by Gasteiger charge is -2.32. The second-order valence-electron chi connectivity index (χ2n) is 7.38. The number of carbonyl (C=O) groups is 2. The smallest absolute Gasteiger partial charge is 0.407 e. The molecule has 28 heavy (non-hydrogen) atoms. The van der Waals surface area contributed by atoms with E-state index in [0.717, 1.165) is 22.6 Å². The van der Waals surface area contributed by atoms with Crippen LogP contribution < -0.4 is 5.32 Å². The number of rotatable bonds is 5. The van der Waals surface area contributed by atoms with Gasteiger partial charge in [-0.25, -0.2) is 4.79 Å². The largest absolute Gasteiger partial charge is 0.481 e. The van der Waals surface area contributed by atoms with E-state index in [0.29, 0.717) is 12.8 Å². The number of amides is 1. The van der Waals surface area contributed by atoms with E-state index in [1.807, 2.05) is 24.3 Å². The van der Waals surface area contributed by atoms with Crippen molar-refractivity contribution >= 4 is 23.8 Å². The first-order valence-electron chi connectivity index (χ1n) is 9.51. The summed E-state index contributed by atoms with van der Waals surface area (Å²) < 4.78 is 5.51. The molecular weight excluding hydrogens is 374 g/mol. The standard InChI is InChI=1S/C22H23NO4S/c24-20(25)22(9-11-28-12-10-22)14-23-21(26)27-13-19-17-7-3-1-5-15(17)16-6-2-4-8-18(16)19/h1-8,19H,9-14H2,(H,23,26)(H,24,25). The van der Waals surface area contributed by atoms with Gasteiger partial charge in [-0.05, 0) is 46.6 Å². The summed E-state index contributed by atoms with van der Waals surface area (Å²) in [6.45, 7) is 0.343. The molecule has 1 heterocycles. The molecule has 146 valence electrons. The van der Waals surface area contributed by atoms with E-state index >= 15 is 0 Å². The Balaban J connectivity index is 1.41. The summed E-state index contributed by atoms with van der Waals surface area (Å²) in [5, 5.41) is 12.3. The van der Waals surface area contributed by atoms with Crippen molar-refractivity contribution in [1.82, 2.24) is 5.32 Å². The van der Waals surface area contributed by atoms with Crippen LogP contribution in [0.2, 0.25) is 0 Å². The number of fused-ring (bicyclic) bond motifs is 3. The SMILES string of the molecule is O=C(NCC1(C(=O)O)CCSCC1)OCC1c2ccccc2-c2ccccc21. The van der Waals surface area contributed by atoms with Gasteiger partial charge in [0, 0.05) is 12.5 Å². The maximum absolute atomic E-state index is 12.3. The van der Waals surface area contributed by atoms with Crippen LogP contribution in [0.3, 0.4) is 0 Å². The number of alkyl carbamates (subject to hydrolysis) is 1. The molecule has 0 spiro atoms. The number of carbonyl (C=O) groups excluding carboxylic acids is 1. The molecule has 0 radical (unpaired) electrons. The number of ether oxygens (including phenoxy) is 1. The van der Waals surface area contributed by atoms with Crippen LogP contribution in [0.4, 0.5) is 4.79 Å². The van der Waals surface area contributed by atoms with Gasteiger partial charge in [0.2, 0.25) is 0 Å². The summed E-state index contributed by atoms with van der Waals surface area (Å²) in [6.07, 6.45) is 0.577. The fourth-order valence-electron chi connectivity index (χ4n) is 4.12. The Morgan fingerprint density at radius 2 is 1.61 bits per heavy atom. The summed E-state index contributed by atoms with van der Waals surface area (Å²) in [4.78, 5) is 24.0. The Morgan fingerprint density at radius 1 is 1.04 bits per heavy atom. The average Bonchev–Trinajstić information content (AvgIpc) is 3.05. The number of hydrogen-bond donors (Lipinski definition) is 2. The molecule has 0 aromatic heterocycles. The predicted molar refractivity (Wildman–Crippen MR) is 110 cm³/mol. The summed E-state index contributed by atoms with van der Waals surface area (Å²) in [7, 11) is 0. The lowest BCUT2D eigenvalue weighted by Crippen LogP contribution is -2.45. The van der Waals surface area contributed by atoms with Crippen molar-refractivity contribution in [3.63, 3.8) is 0 Å². The lowest BCUT2D eigenvalue weighted by molar-refractivity contribution is -0.149. The van der Waals surface area contributed by atoms with E-state index in [1.54, 1.807) is 11.8 Å². The van der Waals surface area contributed by atoms with Gasteiger partial charge in [-0.15, -0.1) is 0 Å². The first kappa shape index (κ1) is 18.9. The minimum absolute atomic E-state index is 0.00216. The van der Waals surface area contributed by atoms with Crippen molar-refractivity contribution in [2.24, 2.45) is 5.41 Å². The maximum Gasteiger partial charge on any atom is 0.407 e. The molecule has 1 saturated heterocycles. The molecule has 0 bridgehead atoms. The molecule has 0 atom stereocenters. The van der Waals surface area contributed by atoms with Gasteiger partial charge in [0.1, 0.15) is 6.61 Å². The Bertz CT molecular complexity index is 846. The fourth-order valence-corrected chi connectivity index (χ4v) is 5.39. The van der Waals surface area contributed by atoms with E-state index < -0.39 is 17.5 Å². The zero-order valence-corrected chi connectivity index (χ0v) is 16.3. The van der Waals surface area contributed by atoms with Crippen molar-refractivity contribution < 1.29 is 19.4 Å². The third kappa shape index (κ3) is 3.49. The molecule has 2 N–H and O–H groups in total. The summed E-state index contributed by atoms with van der Waals surface area (Å²) >= 11 is 1.76. The second kappa shape index (κ2) is 7.87. The average molecular weight is 397 g/mol. The summed E-state index contributed by atoms with van der Waals surface area (Å²) in [6, 6.07) is 16.3. The topological polar surface area (TPSA) is 75.6 Å². The van der Waals surface area contributed by atoms with Gasteiger partial charge in [-0.1, -0.05) is 48.5 Å². The normalized spacial score (nSPS) is 17.4. The Hall–Kier alpha value is -2.47. The number of carboxylic acid groups (broad SMARTS) is 1. The molecule has 6 heteroatoms. The van der Waals surface area contributed by atoms with E-state index in [2.05, 4.69) is 29.6 Å². The quantitative estimate of drug-likeness (QED) is 0.794. The third-order valence-corrected chi connectivity index (χ3v) is 6.80. The Morgan fingerprint density at radius 3 is 2.18 bits per heavy atom. The zero-order chi connectivity index (χ0) is 19.6. The Labute approximate surface area is 168 Å². The molecule has 1 aliphatic carbocycles. The highest BCUT2D eigenvalue weighted by Crippen LogP contribution is 2.44. The number of nitrogens with one attached hydrogen (secondary N) is 1. The molecule has 2 aromatic carbocycles. The first-order valence-corrected chi connectivity index (χ1v) is 10.7. The predicted octanol–water partition coefficient (Wildman–Crippen LogP) is 4.12. The minimum atomic E-state index is -0.878. The van der Waals surface area contributed by atoms with Crippen molar-refractivity contribution in [2.75, 3.05) is 24.7 Å². The Kier molecular flexibility index (Phi) is 5.31. The van der Waals surface area contributed by atoms with Gasteiger partial charge < -0.3 is 15.2 Å². The first-order chi connectivity index (χ1) is 13.6. The van der Waals surface area contributed by atoms with E-state index in [1.165, 1.54) is 11.1 Å². The van der Waals surface area contributed by atoms with Crippen LogP contribution in [-0.2, 0) is 9.53 Å². The van der Waals surface area contributed by atoms with Crippen LogP contribution in [-0.4, -0.2) is 41.8 Å². The number of thioether (sulfide) groups is 1. The van der Waals surface area contributed by atoms with Crippen molar-refractivity contribution in [3.8, 4) is 11.1 Å². The highest BCUT2D eigenvalue weighted by atomic mass is 32.2. The van der Waals surface area contributed by atoms with E-state index in [9.17, 15) is 14.7 Å². The number of benzene rings is 2. The molecule has 0 saturated carbocycles. The van der Waals surface area contributed by atoms with Crippen LogP contribution >= 0.6 is 11.8 Å². The second-order valence-corrected chi connectivity index (χ2v) is 8.60. The van der Waals surface area contributed by atoms with Crippen LogP contribution in [0, 0.1) is 5.41 Å². The highest BCUT2D eigenvalue weighted by molar-refractivity contribution is 7.99. The van der Waals surface area contributed by atoms with Crippen LogP contribution in [0.5, 0.6) is 0 Å². The van der Waals surface area contributed by atoms with E-state index in [4.69, 9.17) is 4.74 Å². The maximum atomic E-state index is 12.3. The lowest BCUT2D eigenvalue weighted by atomic mass is 9.82. The molecule has 2 aromatic rings. The number of carboxylic acids is 1. The molecule has 1 fully saturated rings. The van der Waals surface area contributed by atoms with Gasteiger partial charge in [0.15, 0.2) is 0 Å². The van der Waals surface area contributed by atoms with Gasteiger partial charge >= 0.3 is 12.1 Å². The fraction of sp³-hybridized carbons (Fsp3) is 0.364. The van der Waals surface area contributed by atoms with Crippen LogP contribution in [0.15, 0.2) is 48.5 Å². The van der Waals surface area contributed by atoms with Crippen molar-refractivity contribution in [3.05, 3.63) is 59.7 Å². The van der Waals surface area contributed by atoms with Gasteiger partial charge in [-0.3, -0.25) is 4.79 Å². The number of aliphatic carboxylic acids is 1. The molecular formula is C22H23NO4S. The summed E-state index contributed by atoms with van der Waals surface area (Å²) in [5.41, 5.74) is 3.79. The van der Waals surface area contributed by atoms with E-state index in [-0.39, 0.29) is 19.1 Å². The van der Waals surface area contributed by atoms with Gasteiger partial charge in [-0.2, -0.15) is 11.8 Å². The number of hydrogen-bond acceptors (Lipinski definition) is 4. The molecule has 1 amide bonds. The third-order valence-electron chi connectivity index (χ3n) is 5.82. The van der Waals surface area contributed by atoms with Crippen LogP contribution in [0.25, 0.3) is 11.1 Å². The molecule has 1 aliphatic heterocycles. The highest BCUT2D eigenvalue weighted by Gasteiger charge is 2.40. The van der Waals surface area contributed by atoms with Gasteiger partial charge in [0.05, 0.1) is 5.41 Å². The van der Waals surface area contributed by atoms with Crippen LogP contribution in [0.1, 0.15) is 29.9 Å². The minimum Gasteiger partial charge on any atom is -0.481 e. The molecule has 4 rings (SSSR count). The molecule has 0 unspecified atom stereocenters. The van der Waals surface area contributed by atoms with Crippen molar-refractivity contribution in [1.29, 1.82) is 0 Å². The monoisotopic (exact) mass is 397 g/mol. The molecule has 2 aliphatic rings. The zero-order valence-electron chi connectivity index (χ0n) is 15.5.